The van der Waals surface area contributed by atoms with E-state index in [0.29, 0.717) is 5.92 Å². The van der Waals surface area contributed by atoms with Crippen molar-refractivity contribution >= 4 is 6.03 Å². The van der Waals surface area contributed by atoms with E-state index in [9.17, 15) is 4.79 Å². The van der Waals surface area contributed by atoms with Gasteiger partial charge in [-0.3, -0.25) is 0 Å². The first kappa shape index (κ1) is 7.86. The third kappa shape index (κ3) is 1.06. The third-order valence-electron chi connectivity index (χ3n) is 2.86. The summed E-state index contributed by atoms with van der Waals surface area (Å²) in [5.41, 5.74) is 6.02. The highest BCUT2D eigenvalue weighted by Gasteiger charge is 2.51. The lowest BCUT2D eigenvalue weighted by atomic mass is 9.86. The van der Waals surface area contributed by atoms with Crippen LogP contribution in [0.15, 0.2) is 0 Å². The van der Waals surface area contributed by atoms with Gasteiger partial charge in [-0.2, -0.15) is 0 Å². The highest BCUT2D eigenvalue weighted by molar-refractivity contribution is 5.75. The van der Waals surface area contributed by atoms with Crippen LogP contribution in [0.1, 0.15) is 12.8 Å². The van der Waals surface area contributed by atoms with Gasteiger partial charge >= 0.3 is 6.03 Å². The van der Waals surface area contributed by atoms with Crippen LogP contribution in [0.2, 0.25) is 0 Å². The van der Waals surface area contributed by atoms with Crippen molar-refractivity contribution in [2.45, 2.75) is 18.4 Å². The molecule has 0 aromatic rings. The summed E-state index contributed by atoms with van der Waals surface area (Å²) in [6, 6.07) is -0.00303. The molecule has 3 N–H and O–H groups in total. The Balaban J connectivity index is 1.85. The van der Waals surface area contributed by atoms with E-state index in [1.54, 1.807) is 11.9 Å². The van der Waals surface area contributed by atoms with Gasteiger partial charge in [-0.15, -0.1) is 0 Å². The molecule has 0 unspecified atom stereocenters. The molecular weight excluding hydrogens is 154 g/mol. The molecule has 12 heavy (non-hydrogen) atoms. The molecule has 2 amide bonds. The van der Waals surface area contributed by atoms with Crippen molar-refractivity contribution in [3.63, 3.8) is 0 Å². The molecule has 1 aliphatic carbocycles. The number of nitrogens with two attached hydrogens (primary N) is 1. The summed E-state index contributed by atoms with van der Waals surface area (Å²) >= 11 is 0. The fourth-order valence-corrected chi connectivity index (χ4v) is 1.88. The number of urea groups is 1. The number of hydrogen-bond acceptors (Lipinski definition) is 2. The molecule has 0 radical (unpaired) electrons. The standard InChI is InChI=1S/C8H15N3O/c1-10-7(12)11-4-8(9,5-11)6-2-3-6/h6H,2-5,9H2,1H3,(H,10,12). The number of amides is 2. The Hall–Kier alpha value is -0.770. The van der Waals surface area contributed by atoms with Gasteiger partial charge in [0.2, 0.25) is 0 Å². The van der Waals surface area contributed by atoms with E-state index in [4.69, 9.17) is 5.73 Å². The molecule has 0 atom stereocenters. The van der Waals surface area contributed by atoms with Crippen LogP contribution in [0.25, 0.3) is 0 Å². The second-order valence-electron chi connectivity index (χ2n) is 3.92. The maximum atomic E-state index is 11.1. The topological polar surface area (TPSA) is 58.4 Å². The first-order chi connectivity index (χ1) is 5.65. The van der Waals surface area contributed by atoms with Crippen LogP contribution in [-0.4, -0.2) is 36.6 Å². The van der Waals surface area contributed by atoms with Gasteiger partial charge in [0.1, 0.15) is 0 Å². The van der Waals surface area contributed by atoms with Crippen molar-refractivity contribution in [3.05, 3.63) is 0 Å². The molecule has 1 saturated carbocycles. The smallest absolute Gasteiger partial charge is 0.317 e. The van der Waals surface area contributed by atoms with Crippen LogP contribution >= 0.6 is 0 Å². The van der Waals surface area contributed by atoms with Gasteiger partial charge in [-0.05, 0) is 18.8 Å². The molecule has 1 heterocycles. The van der Waals surface area contributed by atoms with Gasteiger partial charge in [0.05, 0.1) is 5.54 Å². The highest BCUT2D eigenvalue weighted by atomic mass is 16.2. The zero-order valence-electron chi connectivity index (χ0n) is 7.34. The molecule has 0 bridgehead atoms. The Morgan fingerprint density at radius 1 is 1.58 bits per heavy atom. The molecule has 2 fully saturated rings. The largest absolute Gasteiger partial charge is 0.341 e. The number of carbonyl (C=O) groups is 1. The monoisotopic (exact) mass is 169 g/mol. The van der Waals surface area contributed by atoms with Crippen molar-refractivity contribution < 1.29 is 4.79 Å². The molecule has 68 valence electrons. The van der Waals surface area contributed by atoms with Crippen molar-refractivity contribution in [3.8, 4) is 0 Å². The number of nitrogens with one attached hydrogen (secondary N) is 1. The molecular formula is C8H15N3O. The molecule has 4 nitrogen and oxygen atoms in total. The molecule has 0 spiro atoms. The van der Waals surface area contributed by atoms with Crippen LogP contribution < -0.4 is 11.1 Å². The minimum Gasteiger partial charge on any atom is -0.341 e. The lowest BCUT2D eigenvalue weighted by molar-refractivity contribution is 0.0830. The van der Waals surface area contributed by atoms with Gasteiger partial charge in [0.15, 0.2) is 0 Å². The van der Waals surface area contributed by atoms with E-state index in [2.05, 4.69) is 5.32 Å². The number of nitrogens with zero attached hydrogens (tertiary/aromatic N) is 1. The predicted octanol–water partition coefficient (Wildman–Crippen LogP) is -0.251. The maximum absolute atomic E-state index is 11.1. The van der Waals surface area contributed by atoms with Gasteiger partial charge in [-0.25, -0.2) is 4.79 Å². The SMILES string of the molecule is CNC(=O)N1CC(N)(C2CC2)C1. The zero-order chi connectivity index (χ0) is 8.77. The fraction of sp³-hybridized carbons (Fsp3) is 0.875. The van der Waals surface area contributed by atoms with Crippen LogP contribution in [0.5, 0.6) is 0 Å². The number of carbonyl (C=O) groups excluding carboxylic acids is 1. The van der Waals surface area contributed by atoms with Gasteiger partial charge < -0.3 is 16.0 Å². The van der Waals surface area contributed by atoms with E-state index in [0.717, 1.165) is 13.1 Å². The maximum Gasteiger partial charge on any atom is 0.317 e. The van der Waals surface area contributed by atoms with E-state index in [1.165, 1.54) is 12.8 Å². The highest BCUT2D eigenvalue weighted by Crippen LogP contribution is 2.42. The van der Waals surface area contributed by atoms with Crippen molar-refractivity contribution in [1.82, 2.24) is 10.2 Å². The molecule has 4 heteroatoms. The summed E-state index contributed by atoms with van der Waals surface area (Å²) in [7, 11) is 1.65. The lowest BCUT2D eigenvalue weighted by Crippen LogP contribution is -2.70. The van der Waals surface area contributed by atoms with E-state index in [-0.39, 0.29) is 11.6 Å². The molecule has 0 aromatic carbocycles. The molecule has 2 rings (SSSR count). The van der Waals surface area contributed by atoms with Gasteiger partial charge in [0.25, 0.3) is 0 Å². The summed E-state index contributed by atoms with van der Waals surface area (Å²) in [6.45, 7) is 1.47. The zero-order valence-corrected chi connectivity index (χ0v) is 7.34. The average molecular weight is 169 g/mol. The number of hydrogen-bond donors (Lipinski definition) is 2. The average Bonchev–Trinajstić information content (AvgIpc) is 2.79. The second-order valence-corrected chi connectivity index (χ2v) is 3.92. The Morgan fingerprint density at radius 3 is 2.58 bits per heavy atom. The Kier molecular flexibility index (Phi) is 1.54. The van der Waals surface area contributed by atoms with Crippen LogP contribution in [0, 0.1) is 5.92 Å². The van der Waals surface area contributed by atoms with Gasteiger partial charge in [0, 0.05) is 20.1 Å². The van der Waals surface area contributed by atoms with Crippen LogP contribution in [-0.2, 0) is 0 Å². The lowest BCUT2D eigenvalue weighted by Gasteiger charge is -2.47. The quantitative estimate of drug-likeness (QED) is 0.568. The first-order valence-electron chi connectivity index (χ1n) is 4.41. The predicted molar refractivity (Wildman–Crippen MR) is 45.7 cm³/mol. The summed E-state index contributed by atoms with van der Waals surface area (Å²) < 4.78 is 0. The fourth-order valence-electron chi connectivity index (χ4n) is 1.88. The van der Waals surface area contributed by atoms with E-state index in [1.807, 2.05) is 0 Å². The van der Waals surface area contributed by atoms with Gasteiger partial charge in [-0.1, -0.05) is 0 Å². The molecule has 0 aromatic heterocycles. The Labute approximate surface area is 72.1 Å². The van der Waals surface area contributed by atoms with Crippen molar-refractivity contribution in [2.24, 2.45) is 11.7 Å². The van der Waals surface area contributed by atoms with Crippen molar-refractivity contribution in [2.75, 3.05) is 20.1 Å². The summed E-state index contributed by atoms with van der Waals surface area (Å²) in [5.74, 6) is 0.679. The first-order valence-corrected chi connectivity index (χ1v) is 4.41. The minimum atomic E-state index is -0.0491. The molecule has 1 saturated heterocycles. The van der Waals surface area contributed by atoms with Crippen LogP contribution in [0.4, 0.5) is 4.79 Å². The summed E-state index contributed by atoms with van der Waals surface area (Å²) in [4.78, 5) is 12.8. The Morgan fingerprint density at radius 2 is 2.17 bits per heavy atom. The normalized spacial score (nSPS) is 26.3. The Bertz CT molecular complexity index is 206. The third-order valence-corrected chi connectivity index (χ3v) is 2.86. The van der Waals surface area contributed by atoms with Crippen LogP contribution in [0.3, 0.4) is 0 Å². The summed E-state index contributed by atoms with van der Waals surface area (Å²) in [5, 5.41) is 2.60. The summed E-state index contributed by atoms with van der Waals surface area (Å²) in [6.07, 6.45) is 2.50. The number of likely N-dealkylation sites (tertiary alicyclic amines) is 1. The molecule has 1 aliphatic heterocycles. The van der Waals surface area contributed by atoms with E-state index < -0.39 is 0 Å². The van der Waals surface area contributed by atoms with Crippen molar-refractivity contribution in [1.29, 1.82) is 0 Å². The number of rotatable bonds is 1. The minimum absolute atomic E-state index is 0.00303. The van der Waals surface area contributed by atoms with E-state index >= 15 is 0 Å². The molecule has 2 aliphatic rings. The second kappa shape index (κ2) is 2.36.